The van der Waals surface area contributed by atoms with Gasteiger partial charge in [0.05, 0.1) is 5.69 Å². The summed E-state index contributed by atoms with van der Waals surface area (Å²) in [6.07, 6.45) is -1.36. The minimum atomic E-state index is -1.36. The van der Waals surface area contributed by atoms with Gasteiger partial charge in [0.1, 0.15) is 16.5 Å². The molecule has 3 aromatic rings. The van der Waals surface area contributed by atoms with E-state index in [-0.39, 0.29) is 27.3 Å². The van der Waals surface area contributed by atoms with E-state index < -0.39 is 11.9 Å². The first kappa shape index (κ1) is 16.6. The summed E-state index contributed by atoms with van der Waals surface area (Å²) in [5.41, 5.74) is 6.29. The number of nitrogen functional groups attached to an aromatic ring is 1. The van der Waals surface area contributed by atoms with E-state index in [1.54, 1.807) is 30.3 Å². The van der Waals surface area contributed by atoms with Gasteiger partial charge < -0.3 is 10.8 Å². The van der Waals surface area contributed by atoms with Crippen LogP contribution in [0.3, 0.4) is 0 Å². The first-order valence-electron chi connectivity index (χ1n) is 7.12. The van der Waals surface area contributed by atoms with Crippen molar-refractivity contribution >= 4 is 39.9 Å². The van der Waals surface area contributed by atoms with E-state index >= 15 is 0 Å². The highest BCUT2D eigenvalue weighted by Gasteiger charge is 2.25. The molecule has 8 heteroatoms. The average Bonchev–Trinajstić information content (AvgIpc) is 2.96. The van der Waals surface area contributed by atoms with Crippen LogP contribution in [0, 0.1) is 5.82 Å². The van der Waals surface area contributed by atoms with Crippen LogP contribution in [0.2, 0.25) is 0 Å². The standard InChI is InChI=1S/C17H12FN3O3S/c18-11-7-4-8-12(9-11)21(17(23)24)16-20-15(19)14(25-16)13(22)10-5-2-1-3-6-10/h1-9H,19H2,(H,23,24). The van der Waals surface area contributed by atoms with Crippen LogP contribution >= 0.6 is 11.3 Å². The lowest BCUT2D eigenvalue weighted by Crippen LogP contribution is -2.23. The fraction of sp³-hybridized carbons (Fsp3) is 0. The molecule has 0 aliphatic rings. The number of carbonyl (C=O) groups excluding carboxylic acids is 1. The zero-order chi connectivity index (χ0) is 18.0. The normalized spacial score (nSPS) is 10.4. The second kappa shape index (κ2) is 6.70. The molecule has 1 heterocycles. The number of amides is 1. The lowest BCUT2D eigenvalue weighted by Gasteiger charge is -2.15. The molecular formula is C17H12FN3O3S. The van der Waals surface area contributed by atoms with E-state index in [1.165, 1.54) is 18.2 Å². The molecule has 0 spiro atoms. The van der Waals surface area contributed by atoms with Gasteiger partial charge in [0.15, 0.2) is 0 Å². The summed E-state index contributed by atoms with van der Waals surface area (Å²) >= 11 is 0.837. The lowest BCUT2D eigenvalue weighted by molar-refractivity contribution is 0.104. The largest absolute Gasteiger partial charge is 0.464 e. The topological polar surface area (TPSA) is 96.5 Å². The van der Waals surface area contributed by atoms with Crippen molar-refractivity contribution in [2.75, 3.05) is 10.6 Å². The number of thiazole rings is 1. The smallest absolute Gasteiger partial charge is 0.418 e. The van der Waals surface area contributed by atoms with Crippen LogP contribution in [0.15, 0.2) is 54.6 Å². The number of hydrogen-bond donors (Lipinski definition) is 2. The third-order valence-electron chi connectivity index (χ3n) is 3.33. The second-order valence-electron chi connectivity index (χ2n) is 5.00. The van der Waals surface area contributed by atoms with Gasteiger partial charge in [-0.2, -0.15) is 0 Å². The number of carbonyl (C=O) groups is 2. The Hall–Kier alpha value is -3.26. The van der Waals surface area contributed by atoms with Crippen molar-refractivity contribution in [1.29, 1.82) is 0 Å². The summed E-state index contributed by atoms with van der Waals surface area (Å²) in [5.74, 6) is -1.02. The monoisotopic (exact) mass is 357 g/mol. The SMILES string of the molecule is Nc1nc(N(C(=O)O)c2cccc(F)c2)sc1C(=O)c1ccccc1. The summed E-state index contributed by atoms with van der Waals surface area (Å²) in [6, 6.07) is 13.5. The summed E-state index contributed by atoms with van der Waals surface area (Å²) in [7, 11) is 0. The Kier molecular flexibility index (Phi) is 4.44. The number of aromatic nitrogens is 1. The number of nitrogens with two attached hydrogens (primary N) is 1. The van der Waals surface area contributed by atoms with Crippen LogP contribution in [0.5, 0.6) is 0 Å². The van der Waals surface area contributed by atoms with Gasteiger partial charge in [-0.05, 0) is 18.2 Å². The highest BCUT2D eigenvalue weighted by atomic mass is 32.1. The van der Waals surface area contributed by atoms with E-state index in [0.29, 0.717) is 5.56 Å². The molecule has 0 radical (unpaired) electrons. The Balaban J connectivity index is 2.03. The molecule has 3 rings (SSSR count). The van der Waals surface area contributed by atoms with Gasteiger partial charge in [-0.15, -0.1) is 0 Å². The number of carboxylic acid groups (broad SMARTS) is 1. The Bertz CT molecular complexity index is 943. The van der Waals surface area contributed by atoms with Crippen LogP contribution < -0.4 is 10.6 Å². The van der Waals surface area contributed by atoms with Crippen LogP contribution in [0.25, 0.3) is 0 Å². The maximum atomic E-state index is 13.4. The van der Waals surface area contributed by atoms with E-state index in [9.17, 15) is 19.1 Å². The summed E-state index contributed by atoms with van der Waals surface area (Å²) in [5, 5.41) is 9.44. The first-order chi connectivity index (χ1) is 12.0. The third kappa shape index (κ3) is 3.33. The number of benzene rings is 2. The summed E-state index contributed by atoms with van der Waals surface area (Å²) in [6.45, 7) is 0. The molecule has 3 N–H and O–H groups in total. The Labute approximate surface area is 146 Å². The third-order valence-corrected chi connectivity index (χ3v) is 4.39. The minimum Gasteiger partial charge on any atom is -0.464 e. The Morgan fingerprint density at radius 2 is 1.84 bits per heavy atom. The van der Waals surface area contributed by atoms with Crippen LogP contribution in [-0.2, 0) is 0 Å². The number of rotatable bonds is 4. The molecule has 2 aromatic carbocycles. The average molecular weight is 357 g/mol. The zero-order valence-corrected chi connectivity index (χ0v) is 13.5. The van der Waals surface area contributed by atoms with E-state index in [2.05, 4.69) is 4.98 Å². The molecule has 0 unspecified atom stereocenters. The maximum Gasteiger partial charge on any atom is 0.418 e. The van der Waals surface area contributed by atoms with E-state index in [4.69, 9.17) is 5.73 Å². The van der Waals surface area contributed by atoms with Gasteiger partial charge in [-0.25, -0.2) is 19.1 Å². The number of halogens is 1. The molecule has 0 aliphatic heterocycles. The number of ketones is 1. The molecular weight excluding hydrogens is 345 g/mol. The quantitative estimate of drug-likeness (QED) is 0.690. The Morgan fingerprint density at radius 1 is 1.12 bits per heavy atom. The van der Waals surface area contributed by atoms with Crippen molar-refractivity contribution < 1.29 is 19.1 Å². The van der Waals surface area contributed by atoms with Crippen LogP contribution in [0.4, 0.5) is 25.8 Å². The highest BCUT2D eigenvalue weighted by molar-refractivity contribution is 7.18. The molecule has 25 heavy (non-hydrogen) atoms. The highest BCUT2D eigenvalue weighted by Crippen LogP contribution is 2.34. The fourth-order valence-corrected chi connectivity index (χ4v) is 3.18. The van der Waals surface area contributed by atoms with Crippen molar-refractivity contribution in [3.05, 3.63) is 70.9 Å². The van der Waals surface area contributed by atoms with Crippen molar-refractivity contribution in [3.63, 3.8) is 0 Å². The summed E-state index contributed by atoms with van der Waals surface area (Å²) < 4.78 is 13.4. The molecule has 1 amide bonds. The molecule has 6 nitrogen and oxygen atoms in total. The van der Waals surface area contributed by atoms with Crippen molar-refractivity contribution in [1.82, 2.24) is 4.98 Å². The Morgan fingerprint density at radius 3 is 2.48 bits per heavy atom. The molecule has 0 saturated carbocycles. The van der Waals surface area contributed by atoms with Gasteiger partial charge >= 0.3 is 6.09 Å². The molecule has 0 aliphatic carbocycles. The molecule has 0 bridgehead atoms. The molecule has 0 fully saturated rings. The van der Waals surface area contributed by atoms with Crippen LogP contribution in [0.1, 0.15) is 15.2 Å². The molecule has 126 valence electrons. The zero-order valence-electron chi connectivity index (χ0n) is 12.7. The lowest BCUT2D eigenvalue weighted by atomic mass is 10.1. The number of hydrogen-bond acceptors (Lipinski definition) is 5. The van der Waals surface area contributed by atoms with Crippen molar-refractivity contribution in [2.24, 2.45) is 0 Å². The van der Waals surface area contributed by atoms with Gasteiger partial charge in [0.25, 0.3) is 0 Å². The molecule has 0 atom stereocenters. The fourth-order valence-electron chi connectivity index (χ4n) is 2.22. The molecule has 1 aromatic heterocycles. The maximum absolute atomic E-state index is 13.4. The van der Waals surface area contributed by atoms with Crippen molar-refractivity contribution in [3.8, 4) is 0 Å². The second-order valence-corrected chi connectivity index (χ2v) is 5.98. The van der Waals surface area contributed by atoms with Crippen LogP contribution in [-0.4, -0.2) is 22.0 Å². The van der Waals surface area contributed by atoms with Gasteiger partial charge in [-0.3, -0.25) is 4.79 Å². The summed E-state index contributed by atoms with van der Waals surface area (Å²) in [4.78, 5) is 29.0. The van der Waals surface area contributed by atoms with Gasteiger partial charge in [-0.1, -0.05) is 47.7 Å². The van der Waals surface area contributed by atoms with Gasteiger partial charge in [0, 0.05) is 5.56 Å². The van der Waals surface area contributed by atoms with E-state index in [1.807, 2.05) is 0 Å². The first-order valence-corrected chi connectivity index (χ1v) is 7.93. The van der Waals surface area contributed by atoms with Gasteiger partial charge in [0.2, 0.25) is 10.9 Å². The number of anilines is 3. The predicted octanol–water partition coefficient (Wildman–Crippen LogP) is 3.91. The molecule has 0 saturated heterocycles. The van der Waals surface area contributed by atoms with E-state index in [0.717, 1.165) is 22.3 Å². The minimum absolute atomic E-state index is 0.0325. The van der Waals surface area contributed by atoms with Crippen molar-refractivity contribution in [2.45, 2.75) is 0 Å². The number of nitrogens with zero attached hydrogens (tertiary/aromatic N) is 2. The predicted molar refractivity (Wildman–Crippen MR) is 93.0 cm³/mol.